The van der Waals surface area contributed by atoms with E-state index in [-0.39, 0.29) is 6.54 Å². The number of hydrogen-bond acceptors (Lipinski definition) is 3. The number of anilines is 1. The SMILES string of the molecule is CCSc1ccc(N(C)CC(=O)O)cc1. The van der Waals surface area contributed by atoms with Crippen LogP contribution in [0.25, 0.3) is 0 Å². The van der Waals surface area contributed by atoms with Gasteiger partial charge in [-0.25, -0.2) is 0 Å². The summed E-state index contributed by atoms with van der Waals surface area (Å²) in [7, 11) is 1.77. The number of likely N-dealkylation sites (N-methyl/N-ethyl adjacent to an activating group) is 1. The van der Waals surface area contributed by atoms with Gasteiger partial charge in [-0.3, -0.25) is 4.79 Å². The van der Waals surface area contributed by atoms with Crippen molar-refractivity contribution < 1.29 is 9.90 Å². The quantitative estimate of drug-likeness (QED) is 0.781. The summed E-state index contributed by atoms with van der Waals surface area (Å²) in [5.41, 5.74) is 0.929. The predicted octanol–water partition coefficient (Wildman–Crippen LogP) is 2.32. The van der Waals surface area contributed by atoms with E-state index in [4.69, 9.17) is 5.11 Å². The summed E-state index contributed by atoms with van der Waals surface area (Å²) in [6.45, 7) is 2.13. The highest BCUT2D eigenvalue weighted by Gasteiger charge is 2.04. The topological polar surface area (TPSA) is 40.5 Å². The Morgan fingerprint density at radius 2 is 2.00 bits per heavy atom. The van der Waals surface area contributed by atoms with Crippen LogP contribution in [0.1, 0.15) is 6.92 Å². The summed E-state index contributed by atoms with van der Waals surface area (Å²) in [6.07, 6.45) is 0. The monoisotopic (exact) mass is 225 g/mol. The molecule has 3 nitrogen and oxygen atoms in total. The molecule has 1 rings (SSSR count). The lowest BCUT2D eigenvalue weighted by atomic mass is 10.3. The van der Waals surface area contributed by atoms with Crippen molar-refractivity contribution in [1.29, 1.82) is 0 Å². The summed E-state index contributed by atoms with van der Waals surface area (Å²) in [5.74, 6) is 0.231. The summed E-state index contributed by atoms with van der Waals surface area (Å²) >= 11 is 1.77. The van der Waals surface area contributed by atoms with Gasteiger partial charge in [-0.2, -0.15) is 0 Å². The van der Waals surface area contributed by atoms with E-state index in [1.54, 1.807) is 23.7 Å². The zero-order valence-corrected chi connectivity index (χ0v) is 9.75. The molecule has 1 aromatic rings. The van der Waals surface area contributed by atoms with Crippen molar-refractivity contribution in [1.82, 2.24) is 0 Å². The molecule has 0 aliphatic carbocycles. The highest BCUT2D eigenvalue weighted by molar-refractivity contribution is 7.99. The molecular formula is C11H15NO2S. The maximum absolute atomic E-state index is 10.5. The lowest BCUT2D eigenvalue weighted by Gasteiger charge is -2.16. The van der Waals surface area contributed by atoms with Gasteiger partial charge in [-0.05, 0) is 30.0 Å². The lowest BCUT2D eigenvalue weighted by Crippen LogP contribution is -2.24. The minimum absolute atomic E-state index is 0.0280. The fourth-order valence-electron chi connectivity index (χ4n) is 1.26. The van der Waals surface area contributed by atoms with Gasteiger partial charge >= 0.3 is 5.97 Å². The van der Waals surface area contributed by atoms with Crippen LogP contribution in [0.2, 0.25) is 0 Å². The largest absolute Gasteiger partial charge is 0.480 e. The zero-order valence-electron chi connectivity index (χ0n) is 8.93. The zero-order chi connectivity index (χ0) is 11.3. The number of nitrogens with zero attached hydrogens (tertiary/aromatic N) is 1. The van der Waals surface area contributed by atoms with Gasteiger partial charge in [0.05, 0.1) is 0 Å². The summed E-state index contributed by atoms with van der Waals surface area (Å²) < 4.78 is 0. The van der Waals surface area contributed by atoms with Crippen LogP contribution < -0.4 is 4.90 Å². The van der Waals surface area contributed by atoms with Gasteiger partial charge in [0.2, 0.25) is 0 Å². The summed E-state index contributed by atoms with van der Waals surface area (Å²) in [4.78, 5) is 13.4. The molecule has 0 aliphatic rings. The Hall–Kier alpha value is -1.16. The smallest absolute Gasteiger partial charge is 0.323 e. The third-order valence-electron chi connectivity index (χ3n) is 1.96. The van der Waals surface area contributed by atoms with Gasteiger partial charge in [0.25, 0.3) is 0 Å². The maximum atomic E-state index is 10.5. The third-order valence-corrected chi connectivity index (χ3v) is 2.86. The second kappa shape index (κ2) is 5.66. The molecule has 0 amide bonds. The Bertz CT molecular complexity index is 324. The van der Waals surface area contributed by atoms with E-state index in [2.05, 4.69) is 6.92 Å². The van der Waals surface area contributed by atoms with Crippen molar-refractivity contribution in [2.24, 2.45) is 0 Å². The van der Waals surface area contributed by atoms with Crippen LogP contribution in [-0.2, 0) is 4.79 Å². The van der Waals surface area contributed by atoms with Crippen molar-refractivity contribution in [3.63, 3.8) is 0 Å². The number of hydrogen-bond donors (Lipinski definition) is 1. The van der Waals surface area contributed by atoms with Crippen molar-refractivity contribution >= 4 is 23.4 Å². The van der Waals surface area contributed by atoms with E-state index >= 15 is 0 Å². The number of aliphatic carboxylic acids is 1. The van der Waals surface area contributed by atoms with E-state index in [9.17, 15) is 4.79 Å². The second-order valence-electron chi connectivity index (χ2n) is 3.18. The Kier molecular flexibility index (Phi) is 4.49. The first-order valence-corrected chi connectivity index (χ1v) is 5.78. The number of thioether (sulfide) groups is 1. The molecule has 82 valence electrons. The fourth-order valence-corrected chi connectivity index (χ4v) is 1.92. The molecule has 1 N–H and O–H groups in total. The van der Waals surface area contributed by atoms with Crippen LogP contribution in [0, 0.1) is 0 Å². The summed E-state index contributed by atoms with van der Waals surface area (Å²) in [5, 5.41) is 8.64. The number of carbonyl (C=O) groups is 1. The summed E-state index contributed by atoms with van der Waals surface area (Å²) in [6, 6.07) is 7.92. The van der Waals surface area contributed by atoms with E-state index in [0.717, 1.165) is 11.4 Å². The van der Waals surface area contributed by atoms with Crippen molar-refractivity contribution in [3.8, 4) is 0 Å². The molecule has 1 aromatic carbocycles. The lowest BCUT2D eigenvalue weighted by molar-refractivity contribution is -0.135. The van der Waals surface area contributed by atoms with Gasteiger partial charge in [-0.15, -0.1) is 11.8 Å². The Morgan fingerprint density at radius 3 is 2.47 bits per heavy atom. The minimum atomic E-state index is -0.815. The fraction of sp³-hybridized carbons (Fsp3) is 0.364. The first-order chi connectivity index (χ1) is 7.13. The van der Waals surface area contributed by atoms with E-state index < -0.39 is 5.97 Å². The molecule has 4 heteroatoms. The molecule has 0 aromatic heterocycles. The van der Waals surface area contributed by atoms with Gasteiger partial charge in [0.1, 0.15) is 6.54 Å². The molecule has 0 bridgehead atoms. The highest BCUT2D eigenvalue weighted by atomic mass is 32.2. The number of carboxylic acids is 1. The minimum Gasteiger partial charge on any atom is -0.480 e. The number of benzene rings is 1. The van der Waals surface area contributed by atoms with Gasteiger partial charge in [-0.1, -0.05) is 6.92 Å². The molecule has 0 spiro atoms. The van der Waals surface area contributed by atoms with Gasteiger partial charge in [0.15, 0.2) is 0 Å². The molecule has 0 saturated carbocycles. The highest BCUT2D eigenvalue weighted by Crippen LogP contribution is 2.21. The first kappa shape index (κ1) is 11.9. The predicted molar refractivity (Wildman–Crippen MR) is 63.7 cm³/mol. The molecule has 0 fully saturated rings. The number of rotatable bonds is 5. The average molecular weight is 225 g/mol. The van der Waals surface area contributed by atoms with E-state index in [1.807, 2.05) is 24.3 Å². The Morgan fingerprint density at radius 1 is 1.40 bits per heavy atom. The van der Waals surface area contributed by atoms with Crippen LogP contribution in [0.5, 0.6) is 0 Å². The molecule has 0 heterocycles. The standard InChI is InChI=1S/C11H15NO2S/c1-3-15-10-6-4-9(5-7-10)12(2)8-11(13)14/h4-7H,3,8H2,1-2H3,(H,13,14). The van der Waals surface area contributed by atoms with Crippen molar-refractivity contribution in [2.45, 2.75) is 11.8 Å². The van der Waals surface area contributed by atoms with Gasteiger partial charge in [0, 0.05) is 17.6 Å². The number of carboxylic acid groups (broad SMARTS) is 1. The van der Waals surface area contributed by atoms with Crippen molar-refractivity contribution in [3.05, 3.63) is 24.3 Å². The van der Waals surface area contributed by atoms with Crippen LogP contribution in [0.3, 0.4) is 0 Å². The maximum Gasteiger partial charge on any atom is 0.323 e. The average Bonchev–Trinajstić information content (AvgIpc) is 2.18. The molecule has 0 unspecified atom stereocenters. The molecule has 15 heavy (non-hydrogen) atoms. The normalized spacial score (nSPS) is 10.0. The molecular weight excluding hydrogens is 210 g/mol. The van der Waals surface area contributed by atoms with E-state index in [1.165, 1.54) is 4.90 Å². The molecule has 0 saturated heterocycles. The Labute approximate surface area is 94.1 Å². The van der Waals surface area contributed by atoms with E-state index in [0.29, 0.717) is 0 Å². The molecule has 0 radical (unpaired) electrons. The van der Waals surface area contributed by atoms with Gasteiger partial charge < -0.3 is 10.0 Å². The third kappa shape index (κ3) is 3.83. The van der Waals surface area contributed by atoms with Crippen molar-refractivity contribution in [2.75, 3.05) is 24.2 Å². The van der Waals surface area contributed by atoms with Crippen LogP contribution in [0.4, 0.5) is 5.69 Å². The van der Waals surface area contributed by atoms with Crippen LogP contribution in [-0.4, -0.2) is 30.4 Å². The van der Waals surface area contributed by atoms with Crippen LogP contribution >= 0.6 is 11.8 Å². The van der Waals surface area contributed by atoms with Crippen LogP contribution in [0.15, 0.2) is 29.2 Å². The molecule has 0 aliphatic heterocycles. The Balaban J connectivity index is 2.66. The molecule has 0 atom stereocenters. The first-order valence-electron chi connectivity index (χ1n) is 4.79. The second-order valence-corrected chi connectivity index (χ2v) is 4.51.